The number of aromatic amines is 1. The number of carbonyl (C=O) groups excluding carboxylic acids is 1. The van der Waals surface area contributed by atoms with Crippen LogP contribution in [0.3, 0.4) is 0 Å². The summed E-state index contributed by atoms with van der Waals surface area (Å²) in [4.78, 5) is 16.0. The van der Waals surface area contributed by atoms with Crippen molar-refractivity contribution in [2.75, 3.05) is 6.54 Å². The summed E-state index contributed by atoms with van der Waals surface area (Å²) < 4.78 is 15.2. The number of nitrogens with zero attached hydrogens (tertiary/aromatic N) is 4. The quantitative estimate of drug-likeness (QED) is 0.701. The molecule has 142 valence electrons. The maximum absolute atomic E-state index is 13.6. The molecule has 2 heterocycles. The van der Waals surface area contributed by atoms with Crippen molar-refractivity contribution in [1.82, 2.24) is 30.5 Å². The van der Waals surface area contributed by atoms with Gasteiger partial charge in [0.25, 0.3) is 0 Å². The van der Waals surface area contributed by atoms with Crippen molar-refractivity contribution in [3.63, 3.8) is 0 Å². The van der Waals surface area contributed by atoms with Crippen LogP contribution in [0.1, 0.15) is 37.7 Å². The Kier molecular flexibility index (Phi) is 4.82. The molecule has 1 aromatic carbocycles. The number of tetrazole rings is 1. The SMILES string of the molecule is O=C(NCCc1c[nH]c2cc(F)c(Cl)cc12)C1(n2cnnn2)CCCCC1. The molecule has 1 fully saturated rings. The molecule has 0 aliphatic heterocycles. The molecular weight excluding hydrogens is 371 g/mol. The third-order valence-electron chi connectivity index (χ3n) is 5.38. The summed E-state index contributed by atoms with van der Waals surface area (Å²) in [6.07, 6.45) is 8.46. The molecule has 0 atom stereocenters. The monoisotopic (exact) mass is 390 g/mol. The number of nitrogens with one attached hydrogen (secondary N) is 2. The van der Waals surface area contributed by atoms with Crippen LogP contribution < -0.4 is 5.32 Å². The average Bonchev–Trinajstić information content (AvgIpc) is 3.34. The van der Waals surface area contributed by atoms with Gasteiger partial charge in [-0.2, -0.15) is 0 Å². The van der Waals surface area contributed by atoms with Crippen LogP contribution >= 0.6 is 11.6 Å². The van der Waals surface area contributed by atoms with E-state index in [2.05, 4.69) is 25.8 Å². The Hall–Kier alpha value is -2.48. The number of carbonyl (C=O) groups is 1. The van der Waals surface area contributed by atoms with E-state index >= 15 is 0 Å². The molecule has 0 spiro atoms. The van der Waals surface area contributed by atoms with Gasteiger partial charge in [0.05, 0.1) is 5.02 Å². The molecule has 7 nitrogen and oxygen atoms in total. The van der Waals surface area contributed by atoms with Crippen molar-refractivity contribution >= 4 is 28.4 Å². The number of halogens is 2. The standard InChI is InChI=1S/C18H20ClFN6O/c19-14-8-13-12(10-22-16(13)9-15(14)20)4-7-21-17(27)18(5-2-1-3-6-18)26-11-23-24-25-26/h8-11,22H,1-7H2,(H,21,27). The maximum Gasteiger partial charge on any atom is 0.248 e. The summed E-state index contributed by atoms with van der Waals surface area (Å²) >= 11 is 5.90. The predicted octanol–water partition coefficient (Wildman–Crippen LogP) is 2.97. The third-order valence-corrected chi connectivity index (χ3v) is 5.67. The van der Waals surface area contributed by atoms with Gasteiger partial charge in [0.1, 0.15) is 17.7 Å². The molecule has 1 aliphatic carbocycles. The van der Waals surface area contributed by atoms with Crippen LogP contribution in [0.5, 0.6) is 0 Å². The Labute approximate surface area is 160 Å². The molecule has 0 unspecified atom stereocenters. The van der Waals surface area contributed by atoms with Gasteiger partial charge in [-0.25, -0.2) is 9.07 Å². The molecular formula is C18H20ClFN6O. The van der Waals surface area contributed by atoms with Crippen LogP contribution in [0.4, 0.5) is 4.39 Å². The van der Waals surface area contributed by atoms with Gasteiger partial charge >= 0.3 is 0 Å². The minimum Gasteiger partial charge on any atom is -0.361 e. The Morgan fingerprint density at radius 1 is 1.33 bits per heavy atom. The van der Waals surface area contributed by atoms with Gasteiger partial charge in [-0.15, -0.1) is 5.10 Å². The highest BCUT2D eigenvalue weighted by molar-refractivity contribution is 6.31. The summed E-state index contributed by atoms with van der Waals surface area (Å²) in [5, 5.41) is 15.4. The lowest BCUT2D eigenvalue weighted by atomic mass is 9.81. The maximum atomic E-state index is 13.6. The highest BCUT2D eigenvalue weighted by atomic mass is 35.5. The number of hydrogen-bond acceptors (Lipinski definition) is 4. The minimum atomic E-state index is -0.714. The second-order valence-corrected chi connectivity index (χ2v) is 7.39. The van der Waals surface area contributed by atoms with E-state index in [1.54, 1.807) is 10.7 Å². The van der Waals surface area contributed by atoms with E-state index < -0.39 is 11.4 Å². The first-order valence-corrected chi connectivity index (χ1v) is 9.45. The smallest absolute Gasteiger partial charge is 0.248 e. The number of aromatic nitrogens is 5. The van der Waals surface area contributed by atoms with Crippen LogP contribution in [0.25, 0.3) is 10.9 Å². The summed E-state index contributed by atoms with van der Waals surface area (Å²) in [6.45, 7) is 0.463. The fourth-order valence-corrected chi connectivity index (χ4v) is 4.07. The van der Waals surface area contributed by atoms with Crippen LogP contribution in [-0.4, -0.2) is 37.6 Å². The molecule has 3 aromatic rings. The van der Waals surface area contributed by atoms with Gasteiger partial charge in [0.2, 0.25) is 5.91 Å². The molecule has 0 radical (unpaired) electrons. The normalized spacial score (nSPS) is 16.5. The number of amides is 1. The first-order valence-electron chi connectivity index (χ1n) is 9.07. The lowest BCUT2D eigenvalue weighted by Crippen LogP contribution is -2.50. The molecule has 1 saturated carbocycles. The Balaban J connectivity index is 1.47. The molecule has 2 N–H and O–H groups in total. The number of rotatable bonds is 5. The summed E-state index contributed by atoms with van der Waals surface area (Å²) in [6, 6.07) is 3.00. The van der Waals surface area contributed by atoms with Crippen molar-refractivity contribution in [3.05, 3.63) is 41.1 Å². The zero-order valence-corrected chi connectivity index (χ0v) is 15.5. The van der Waals surface area contributed by atoms with Crippen LogP contribution in [-0.2, 0) is 16.8 Å². The van der Waals surface area contributed by atoms with Crippen LogP contribution in [0.2, 0.25) is 5.02 Å². The molecule has 2 aromatic heterocycles. The number of hydrogen-bond donors (Lipinski definition) is 2. The molecule has 0 bridgehead atoms. The first kappa shape index (κ1) is 17.9. The van der Waals surface area contributed by atoms with Crippen LogP contribution in [0, 0.1) is 5.82 Å². The molecule has 1 aliphatic rings. The van der Waals surface area contributed by atoms with Crippen molar-refractivity contribution in [3.8, 4) is 0 Å². The van der Waals surface area contributed by atoms with Crippen molar-refractivity contribution in [2.45, 2.75) is 44.1 Å². The zero-order chi connectivity index (χ0) is 18.9. The highest BCUT2D eigenvalue weighted by Gasteiger charge is 2.42. The summed E-state index contributed by atoms with van der Waals surface area (Å²) in [7, 11) is 0. The summed E-state index contributed by atoms with van der Waals surface area (Å²) in [5.41, 5.74) is 0.956. The van der Waals surface area contributed by atoms with E-state index in [1.165, 1.54) is 12.4 Å². The highest BCUT2D eigenvalue weighted by Crippen LogP contribution is 2.34. The lowest BCUT2D eigenvalue weighted by molar-refractivity contribution is -0.132. The molecule has 27 heavy (non-hydrogen) atoms. The number of benzene rings is 1. The number of fused-ring (bicyclic) bond motifs is 1. The third kappa shape index (κ3) is 3.29. The molecule has 1 amide bonds. The summed E-state index contributed by atoms with van der Waals surface area (Å²) in [5.74, 6) is -0.509. The Morgan fingerprint density at radius 2 is 2.15 bits per heavy atom. The number of H-pyrrole nitrogens is 1. The molecule has 4 rings (SSSR count). The van der Waals surface area contributed by atoms with E-state index in [9.17, 15) is 9.18 Å². The minimum absolute atomic E-state index is 0.0570. The molecule has 9 heteroatoms. The van der Waals surface area contributed by atoms with Gasteiger partial charge < -0.3 is 10.3 Å². The largest absolute Gasteiger partial charge is 0.361 e. The molecule has 0 saturated heterocycles. The van der Waals surface area contributed by atoms with Gasteiger partial charge in [-0.3, -0.25) is 4.79 Å². The van der Waals surface area contributed by atoms with Crippen molar-refractivity contribution < 1.29 is 9.18 Å². The Morgan fingerprint density at radius 3 is 2.89 bits per heavy atom. The Bertz CT molecular complexity index is 948. The van der Waals surface area contributed by atoms with Gasteiger partial charge in [-0.05, 0) is 47.4 Å². The van der Waals surface area contributed by atoms with Crippen molar-refractivity contribution in [1.29, 1.82) is 0 Å². The van der Waals surface area contributed by atoms with Crippen molar-refractivity contribution in [2.24, 2.45) is 0 Å². The van der Waals surface area contributed by atoms with Crippen LogP contribution in [0.15, 0.2) is 24.7 Å². The van der Waals surface area contributed by atoms with Gasteiger partial charge in [0, 0.05) is 23.6 Å². The second kappa shape index (κ2) is 7.26. The van der Waals surface area contributed by atoms with Gasteiger partial charge in [0.15, 0.2) is 0 Å². The van der Waals surface area contributed by atoms with E-state index in [1.807, 2.05) is 6.20 Å². The predicted molar refractivity (Wildman–Crippen MR) is 98.9 cm³/mol. The average molecular weight is 391 g/mol. The van der Waals surface area contributed by atoms with Gasteiger partial charge in [-0.1, -0.05) is 30.9 Å². The topological polar surface area (TPSA) is 88.5 Å². The van der Waals surface area contributed by atoms with E-state index in [-0.39, 0.29) is 10.9 Å². The second-order valence-electron chi connectivity index (χ2n) is 6.98. The fourth-order valence-electron chi connectivity index (χ4n) is 3.91. The lowest BCUT2D eigenvalue weighted by Gasteiger charge is -2.35. The van der Waals surface area contributed by atoms with E-state index in [0.29, 0.717) is 18.5 Å². The van der Waals surface area contributed by atoms with E-state index in [4.69, 9.17) is 11.6 Å². The fraction of sp³-hybridized carbons (Fsp3) is 0.444. The first-order chi connectivity index (χ1) is 13.1. The zero-order valence-electron chi connectivity index (χ0n) is 14.7. The van der Waals surface area contributed by atoms with E-state index in [0.717, 1.165) is 43.1 Å².